The maximum absolute atomic E-state index is 11.7. The van der Waals surface area contributed by atoms with E-state index in [4.69, 9.17) is 5.11 Å². The fourth-order valence-electron chi connectivity index (χ4n) is 1.57. The number of aromatic nitrogens is 2. The minimum Gasteiger partial charge on any atom is -0.479 e. The molecule has 0 bridgehead atoms. The molecule has 1 heterocycles. The van der Waals surface area contributed by atoms with Crippen molar-refractivity contribution in [1.29, 1.82) is 0 Å². The van der Waals surface area contributed by atoms with Gasteiger partial charge in [-0.15, -0.1) is 0 Å². The van der Waals surface area contributed by atoms with E-state index in [9.17, 15) is 9.59 Å². The molecular weight excluding hydrogens is 260 g/mol. The number of amides is 2. The molecule has 1 atom stereocenters. The second kappa shape index (κ2) is 6.28. The lowest BCUT2D eigenvalue weighted by atomic mass is 10.1. The molecule has 2 aromatic rings. The van der Waals surface area contributed by atoms with Crippen molar-refractivity contribution in [3.63, 3.8) is 0 Å². The van der Waals surface area contributed by atoms with Crippen molar-refractivity contribution in [2.75, 3.05) is 5.32 Å². The molecule has 7 nitrogen and oxygen atoms in total. The maximum atomic E-state index is 11.7. The molecule has 20 heavy (non-hydrogen) atoms. The summed E-state index contributed by atoms with van der Waals surface area (Å²) in [6, 6.07) is 8.19. The average molecular weight is 272 g/mol. The van der Waals surface area contributed by atoms with E-state index in [0.29, 0.717) is 5.56 Å². The van der Waals surface area contributed by atoms with E-state index in [-0.39, 0.29) is 5.95 Å². The number of hydrogen-bond acceptors (Lipinski definition) is 4. The highest BCUT2D eigenvalue weighted by molar-refractivity contribution is 5.91. The predicted molar refractivity (Wildman–Crippen MR) is 71.0 cm³/mol. The van der Waals surface area contributed by atoms with Gasteiger partial charge in [0, 0.05) is 12.4 Å². The molecule has 102 valence electrons. The summed E-state index contributed by atoms with van der Waals surface area (Å²) in [4.78, 5) is 30.6. The third kappa shape index (κ3) is 3.52. The van der Waals surface area contributed by atoms with Gasteiger partial charge in [0.25, 0.3) is 0 Å². The van der Waals surface area contributed by atoms with Crippen LogP contribution in [0.2, 0.25) is 0 Å². The fourth-order valence-corrected chi connectivity index (χ4v) is 1.57. The van der Waals surface area contributed by atoms with E-state index in [1.54, 1.807) is 36.4 Å². The van der Waals surface area contributed by atoms with Crippen LogP contribution < -0.4 is 10.6 Å². The van der Waals surface area contributed by atoms with Crippen molar-refractivity contribution < 1.29 is 14.7 Å². The minimum atomic E-state index is -1.15. The van der Waals surface area contributed by atoms with Crippen molar-refractivity contribution in [3.05, 3.63) is 54.4 Å². The number of hydrogen-bond donors (Lipinski definition) is 3. The number of nitrogens with zero attached hydrogens (tertiary/aromatic N) is 2. The van der Waals surface area contributed by atoms with Crippen molar-refractivity contribution in [3.8, 4) is 0 Å². The van der Waals surface area contributed by atoms with E-state index in [2.05, 4.69) is 20.6 Å². The quantitative estimate of drug-likeness (QED) is 0.780. The third-order valence-corrected chi connectivity index (χ3v) is 2.45. The Balaban J connectivity index is 2.06. The minimum absolute atomic E-state index is 0.0993. The van der Waals surface area contributed by atoms with Gasteiger partial charge in [0.2, 0.25) is 5.95 Å². The van der Waals surface area contributed by atoms with E-state index >= 15 is 0 Å². The molecule has 0 saturated heterocycles. The van der Waals surface area contributed by atoms with Crippen molar-refractivity contribution in [2.45, 2.75) is 6.04 Å². The highest BCUT2D eigenvalue weighted by Gasteiger charge is 2.21. The summed E-state index contributed by atoms with van der Waals surface area (Å²) < 4.78 is 0. The van der Waals surface area contributed by atoms with Crippen molar-refractivity contribution in [1.82, 2.24) is 15.3 Å². The van der Waals surface area contributed by atoms with Crippen LogP contribution in [0.5, 0.6) is 0 Å². The van der Waals surface area contributed by atoms with E-state index in [1.807, 2.05) is 0 Å². The van der Waals surface area contributed by atoms with Crippen molar-refractivity contribution in [2.24, 2.45) is 0 Å². The van der Waals surface area contributed by atoms with Crippen LogP contribution >= 0.6 is 0 Å². The van der Waals surface area contributed by atoms with Crippen molar-refractivity contribution >= 4 is 17.9 Å². The summed E-state index contributed by atoms with van der Waals surface area (Å²) >= 11 is 0. The van der Waals surface area contributed by atoms with Crippen LogP contribution in [-0.4, -0.2) is 27.1 Å². The third-order valence-electron chi connectivity index (χ3n) is 2.45. The van der Waals surface area contributed by atoms with Gasteiger partial charge in [-0.25, -0.2) is 19.6 Å². The summed E-state index contributed by atoms with van der Waals surface area (Å²) in [5.74, 6) is -1.05. The van der Waals surface area contributed by atoms with E-state index in [1.165, 1.54) is 12.4 Å². The molecule has 0 saturated carbocycles. The molecule has 1 aromatic carbocycles. The summed E-state index contributed by atoms with van der Waals surface area (Å²) in [6.45, 7) is 0. The monoisotopic (exact) mass is 272 g/mol. The fraction of sp³-hybridized carbons (Fsp3) is 0.0769. The second-order valence-electron chi connectivity index (χ2n) is 3.85. The lowest BCUT2D eigenvalue weighted by molar-refractivity contribution is -0.139. The number of urea groups is 1. The zero-order chi connectivity index (χ0) is 14.4. The number of rotatable bonds is 4. The molecule has 0 fully saturated rings. The molecule has 0 aliphatic carbocycles. The van der Waals surface area contributed by atoms with Crippen LogP contribution in [0.1, 0.15) is 11.6 Å². The first-order chi connectivity index (χ1) is 9.66. The zero-order valence-electron chi connectivity index (χ0n) is 10.4. The number of carbonyl (C=O) groups excluding carboxylic acids is 1. The molecule has 2 rings (SSSR count). The number of carboxylic acids is 1. The summed E-state index contributed by atoms with van der Waals surface area (Å²) in [5, 5.41) is 13.9. The Kier molecular flexibility index (Phi) is 4.23. The number of nitrogens with one attached hydrogen (secondary N) is 2. The van der Waals surface area contributed by atoms with E-state index < -0.39 is 18.0 Å². The molecule has 0 radical (unpaired) electrons. The lowest BCUT2D eigenvalue weighted by Crippen LogP contribution is -2.37. The molecule has 0 aliphatic rings. The Morgan fingerprint density at radius 3 is 2.30 bits per heavy atom. The van der Waals surface area contributed by atoms with Crippen LogP contribution in [-0.2, 0) is 4.79 Å². The maximum Gasteiger partial charge on any atom is 0.330 e. The highest BCUT2D eigenvalue weighted by atomic mass is 16.4. The number of anilines is 1. The SMILES string of the molecule is O=C(Nc1ncccn1)N[C@@H](C(=O)O)c1ccccc1. The van der Waals surface area contributed by atoms with Gasteiger partial charge in [0.1, 0.15) is 0 Å². The van der Waals surface area contributed by atoms with Crippen LogP contribution in [0.4, 0.5) is 10.7 Å². The summed E-state index contributed by atoms with van der Waals surface area (Å²) in [6.07, 6.45) is 2.93. The second-order valence-corrected chi connectivity index (χ2v) is 3.85. The summed E-state index contributed by atoms with van der Waals surface area (Å²) in [7, 11) is 0. The van der Waals surface area contributed by atoms with Gasteiger partial charge >= 0.3 is 12.0 Å². The van der Waals surface area contributed by atoms with E-state index in [0.717, 1.165) is 0 Å². The number of benzene rings is 1. The van der Waals surface area contributed by atoms with Gasteiger partial charge in [-0.05, 0) is 11.6 Å². The van der Waals surface area contributed by atoms with Crippen LogP contribution in [0, 0.1) is 0 Å². The van der Waals surface area contributed by atoms with Gasteiger partial charge in [-0.3, -0.25) is 5.32 Å². The molecule has 0 spiro atoms. The molecule has 0 aliphatic heterocycles. The molecular formula is C13H12N4O3. The first kappa shape index (κ1) is 13.5. The normalized spacial score (nSPS) is 11.4. The van der Waals surface area contributed by atoms with Gasteiger partial charge in [0.05, 0.1) is 0 Å². The topological polar surface area (TPSA) is 104 Å². The summed E-state index contributed by atoms with van der Waals surface area (Å²) in [5.41, 5.74) is 0.476. The molecule has 1 aromatic heterocycles. The predicted octanol–water partition coefficient (Wildman–Crippen LogP) is 1.42. The Morgan fingerprint density at radius 2 is 1.70 bits per heavy atom. The number of carboxylic acid groups (broad SMARTS) is 1. The Morgan fingerprint density at radius 1 is 1.05 bits per heavy atom. The van der Waals surface area contributed by atoms with Gasteiger partial charge in [-0.2, -0.15) is 0 Å². The van der Waals surface area contributed by atoms with Gasteiger partial charge < -0.3 is 10.4 Å². The molecule has 7 heteroatoms. The Bertz CT molecular complexity index is 589. The van der Waals surface area contributed by atoms with Gasteiger partial charge in [0.15, 0.2) is 6.04 Å². The average Bonchev–Trinajstić information content (AvgIpc) is 2.46. The number of carbonyl (C=O) groups is 2. The smallest absolute Gasteiger partial charge is 0.330 e. The zero-order valence-corrected chi connectivity index (χ0v) is 10.4. The Hall–Kier alpha value is -2.96. The standard InChI is InChI=1S/C13H12N4O3/c18-11(19)10(9-5-2-1-3-6-9)16-13(20)17-12-14-7-4-8-15-12/h1-8,10H,(H,18,19)(H2,14,15,16,17,20)/t10-/m1/s1. The highest BCUT2D eigenvalue weighted by Crippen LogP contribution is 2.12. The van der Waals surface area contributed by atoms with Crippen LogP contribution in [0.3, 0.4) is 0 Å². The van der Waals surface area contributed by atoms with Crippen LogP contribution in [0.25, 0.3) is 0 Å². The Labute approximate surface area is 114 Å². The lowest BCUT2D eigenvalue weighted by Gasteiger charge is -2.14. The van der Waals surface area contributed by atoms with Crippen LogP contribution in [0.15, 0.2) is 48.8 Å². The first-order valence-electron chi connectivity index (χ1n) is 5.79. The number of aliphatic carboxylic acids is 1. The largest absolute Gasteiger partial charge is 0.479 e. The molecule has 2 amide bonds. The first-order valence-corrected chi connectivity index (χ1v) is 5.79. The van der Waals surface area contributed by atoms with Gasteiger partial charge in [-0.1, -0.05) is 30.3 Å². The molecule has 3 N–H and O–H groups in total. The molecule has 0 unspecified atom stereocenters.